The normalized spacial score (nSPS) is 13.5. The summed E-state index contributed by atoms with van der Waals surface area (Å²) in [7, 11) is 1.63. The maximum absolute atomic E-state index is 5.32. The van der Waals surface area contributed by atoms with Crippen molar-refractivity contribution in [3.63, 3.8) is 0 Å². The molecule has 0 heterocycles. The first-order valence-electron chi connectivity index (χ1n) is 3.69. The minimum Gasteiger partial charge on any atom is -0.356 e. The van der Waals surface area contributed by atoms with Crippen molar-refractivity contribution < 1.29 is 9.47 Å². The SMILES string of the molecule is CCCOC(CCN)OC. The van der Waals surface area contributed by atoms with Crippen LogP contribution < -0.4 is 5.73 Å². The largest absolute Gasteiger partial charge is 0.356 e. The van der Waals surface area contributed by atoms with Crippen molar-refractivity contribution in [3.8, 4) is 0 Å². The fourth-order valence-corrected chi connectivity index (χ4v) is 0.655. The maximum atomic E-state index is 5.32. The highest BCUT2D eigenvalue weighted by Gasteiger charge is 2.03. The summed E-state index contributed by atoms with van der Waals surface area (Å²) in [5.41, 5.74) is 5.32. The lowest BCUT2D eigenvalue weighted by molar-refractivity contribution is -0.125. The molecule has 0 aromatic carbocycles. The molecular weight excluding hydrogens is 130 g/mol. The first-order chi connectivity index (χ1) is 4.85. The highest BCUT2D eigenvalue weighted by Crippen LogP contribution is 1.97. The Labute approximate surface area is 62.5 Å². The van der Waals surface area contributed by atoms with Gasteiger partial charge in [0.25, 0.3) is 0 Å². The molecule has 0 radical (unpaired) electrons. The zero-order valence-corrected chi connectivity index (χ0v) is 6.80. The standard InChI is InChI=1S/C7H17NO2/c1-3-6-10-7(9-2)4-5-8/h7H,3-6,8H2,1-2H3. The summed E-state index contributed by atoms with van der Waals surface area (Å²) in [5.74, 6) is 0. The number of nitrogens with two attached hydrogens (primary N) is 1. The molecule has 0 saturated heterocycles. The molecule has 0 bridgehead atoms. The van der Waals surface area contributed by atoms with E-state index in [2.05, 4.69) is 6.92 Å². The molecular formula is C7H17NO2. The van der Waals surface area contributed by atoms with Crippen LogP contribution in [0.15, 0.2) is 0 Å². The summed E-state index contributed by atoms with van der Waals surface area (Å²) in [4.78, 5) is 0. The van der Waals surface area contributed by atoms with Crippen molar-refractivity contribution in [1.29, 1.82) is 0 Å². The molecule has 62 valence electrons. The Kier molecular flexibility index (Phi) is 6.91. The fraction of sp³-hybridized carbons (Fsp3) is 1.00. The minimum absolute atomic E-state index is 0.107. The quantitative estimate of drug-likeness (QED) is 0.563. The molecule has 0 aromatic heterocycles. The Bertz CT molecular complexity index is 68.6. The van der Waals surface area contributed by atoms with Crippen molar-refractivity contribution in [3.05, 3.63) is 0 Å². The van der Waals surface area contributed by atoms with Gasteiger partial charge in [0.15, 0.2) is 6.29 Å². The lowest BCUT2D eigenvalue weighted by atomic mass is 10.4. The molecule has 0 spiro atoms. The summed E-state index contributed by atoms with van der Waals surface area (Å²) < 4.78 is 10.3. The number of methoxy groups -OCH3 is 1. The second-order valence-electron chi connectivity index (χ2n) is 2.11. The van der Waals surface area contributed by atoms with Crippen LogP contribution in [0.4, 0.5) is 0 Å². The lowest BCUT2D eigenvalue weighted by Crippen LogP contribution is -2.19. The molecule has 1 unspecified atom stereocenters. The number of hydrogen-bond donors (Lipinski definition) is 1. The predicted octanol–water partition coefficient (Wildman–Crippen LogP) is 0.734. The average molecular weight is 147 g/mol. The van der Waals surface area contributed by atoms with Crippen LogP contribution in [0.1, 0.15) is 19.8 Å². The highest BCUT2D eigenvalue weighted by molar-refractivity contribution is 4.44. The molecule has 0 amide bonds. The van der Waals surface area contributed by atoms with Gasteiger partial charge >= 0.3 is 0 Å². The van der Waals surface area contributed by atoms with Gasteiger partial charge in [-0.15, -0.1) is 0 Å². The minimum atomic E-state index is -0.107. The van der Waals surface area contributed by atoms with E-state index in [4.69, 9.17) is 15.2 Å². The fourth-order valence-electron chi connectivity index (χ4n) is 0.655. The first kappa shape index (κ1) is 9.88. The molecule has 2 N–H and O–H groups in total. The van der Waals surface area contributed by atoms with E-state index in [1.807, 2.05) is 0 Å². The van der Waals surface area contributed by atoms with Crippen LogP contribution in [-0.2, 0) is 9.47 Å². The van der Waals surface area contributed by atoms with E-state index in [1.54, 1.807) is 7.11 Å². The van der Waals surface area contributed by atoms with E-state index in [0.717, 1.165) is 19.4 Å². The van der Waals surface area contributed by atoms with Gasteiger partial charge in [-0.1, -0.05) is 6.92 Å². The second kappa shape index (κ2) is 6.99. The first-order valence-corrected chi connectivity index (χ1v) is 3.69. The number of hydrogen-bond acceptors (Lipinski definition) is 3. The Morgan fingerprint density at radius 2 is 2.20 bits per heavy atom. The third kappa shape index (κ3) is 4.73. The van der Waals surface area contributed by atoms with Gasteiger partial charge < -0.3 is 15.2 Å². The molecule has 3 nitrogen and oxygen atoms in total. The Hall–Kier alpha value is -0.120. The van der Waals surface area contributed by atoms with Crippen LogP contribution in [0.3, 0.4) is 0 Å². The van der Waals surface area contributed by atoms with E-state index in [1.165, 1.54) is 0 Å². The van der Waals surface area contributed by atoms with Crippen molar-refractivity contribution in [2.75, 3.05) is 20.3 Å². The van der Waals surface area contributed by atoms with Crippen molar-refractivity contribution in [2.24, 2.45) is 5.73 Å². The molecule has 0 saturated carbocycles. The molecule has 0 fully saturated rings. The molecule has 1 atom stereocenters. The summed E-state index contributed by atoms with van der Waals surface area (Å²) >= 11 is 0. The second-order valence-corrected chi connectivity index (χ2v) is 2.11. The van der Waals surface area contributed by atoms with Crippen molar-refractivity contribution >= 4 is 0 Å². The van der Waals surface area contributed by atoms with Gasteiger partial charge in [0.1, 0.15) is 0 Å². The molecule has 10 heavy (non-hydrogen) atoms. The molecule has 3 heteroatoms. The predicted molar refractivity (Wildman–Crippen MR) is 40.7 cm³/mol. The van der Waals surface area contributed by atoms with Gasteiger partial charge in [0.05, 0.1) is 0 Å². The van der Waals surface area contributed by atoms with E-state index in [0.29, 0.717) is 6.54 Å². The van der Waals surface area contributed by atoms with Gasteiger partial charge in [0.2, 0.25) is 0 Å². The topological polar surface area (TPSA) is 44.5 Å². The number of rotatable bonds is 6. The van der Waals surface area contributed by atoms with Crippen LogP contribution in [0.25, 0.3) is 0 Å². The van der Waals surface area contributed by atoms with E-state index >= 15 is 0 Å². The van der Waals surface area contributed by atoms with Gasteiger partial charge in [-0.25, -0.2) is 0 Å². The monoisotopic (exact) mass is 147 g/mol. The number of ether oxygens (including phenoxy) is 2. The van der Waals surface area contributed by atoms with E-state index < -0.39 is 0 Å². The summed E-state index contributed by atoms with van der Waals surface area (Å²) in [6, 6.07) is 0. The molecule has 0 aliphatic carbocycles. The van der Waals surface area contributed by atoms with Crippen LogP contribution in [-0.4, -0.2) is 26.6 Å². The molecule has 0 aliphatic rings. The van der Waals surface area contributed by atoms with Crippen molar-refractivity contribution in [2.45, 2.75) is 26.1 Å². The zero-order chi connectivity index (χ0) is 7.82. The van der Waals surface area contributed by atoms with Gasteiger partial charge in [-0.2, -0.15) is 0 Å². The van der Waals surface area contributed by atoms with Gasteiger partial charge in [-0.05, 0) is 13.0 Å². The average Bonchev–Trinajstić information content (AvgIpc) is 1.98. The van der Waals surface area contributed by atoms with Gasteiger partial charge in [-0.3, -0.25) is 0 Å². The maximum Gasteiger partial charge on any atom is 0.158 e. The Morgan fingerprint density at radius 3 is 2.60 bits per heavy atom. The molecule has 0 aromatic rings. The summed E-state index contributed by atoms with van der Waals surface area (Å²) in [5, 5.41) is 0. The summed E-state index contributed by atoms with van der Waals surface area (Å²) in [6.07, 6.45) is 1.69. The zero-order valence-electron chi connectivity index (χ0n) is 6.80. The van der Waals surface area contributed by atoms with E-state index in [9.17, 15) is 0 Å². The van der Waals surface area contributed by atoms with Crippen molar-refractivity contribution in [1.82, 2.24) is 0 Å². The smallest absolute Gasteiger partial charge is 0.158 e. The highest BCUT2D eigenvalue weighted by atomic mass is 16.7. The Balaban J connectivity index is 3.21. The third-order valence-corrected chi connectivity index (χ3v) is 1.17. The summed E-state index contributed by atoms with van der Waals surface area (Å²) in [6.45, 7) is 3.43. The van der Waals surface area contributed by atoms with Crippen LogP contribution in [0.5, 0.6) is 0 Å². The van der Waals surface area contributed by atoms with Gasteiger partial charge in [0, 0.05) is 20.1 Å². The van der Waals surface area contributed by atoms with Crippen LogP contribution in [0.2, 0.25) is 0 Å². The lowest BCUT2D eigenvalue weighted by Gasteiger charge is -2.13. The van der Waals surface area contributed by atoms with E-state index in [-0.39, 0.29) is 6.29 Å². The molecule has 0 aliphatic heterocycles. The Morgan fingerprint density at radius 1 is 1.50 bits per heavy atom. The third-order valence-electron chi connectivity index (χ3n) is 1.17. The van der Waals surface area contributed by atoms with Crippen LogP contribution in [0, 0.1) is 0 Å². The molecule has 0 rings (SSSR count). The van der Waals surface area contributed by atoms with Crippen LogP contribution >= 0.6 is 0 Å².